The summed E-state index contributed by atoms with van der Waals surface area (Å²) in [6, 6.07) is 7.09. The number of rotatable bonds is 9. The third-order valence-corrected chi connectivity index (χ3v) is 5.49. The van der Waals surface area contributed by atoms with Crippen molar-refractivity contribution in [3.8, 4) is 5.75 Å². The van der Waals surface area contributed by atoms with Crippen molar-refractivity contribution in [2.24, 2.45) is 9.98 Å². The van der Waals surface area contributed by atoms with Crippen molar-refractivity contribution in [2.75, 3.05) is 40.1 Å². The number of aliphatic imine (C=N–C) groups is 2. The molecule has 0 aromatic heterocycles. The average molecular weight is 425 g/mol. The molecule has 8 nitrogen and oxygen atoms in total. The van der Waals surface area contributed by atoms with Gasteiger partial charge in [-0.15, -0.1) is 0 Å². The van der Waals surface area contributed by atoms with Crippen molar-refractivity contribution in [1.82, 2.24) is 5.32 Å². The molecule has 1 aromatic carbocycles. The number of Topliss-reactive ketones (excluding diaryl/α,β-unsaturated/α-hetero) is 1. The minimum absolute atomic E-state index is 0.0244. The maximum absolute atomic E-state index is 13.3. The van der Waals surface area contributed by atoms with Gasteiger partial charge in [0.1, 0.15) is 18.1 Å². The summed E-state index contributed by atoms with van der Waals surface area (Å²) in [5, 5.41) is 12.8. The molecule has 3 aliphatic rings. The average Bonchev–Trinajstić information content (AvgIpc) is 3.29. The molecule has 2 atom stereocenters. The molecular weight excluding hydrogens is 398 g/mol. The van der Waals surface area contributed by atoms with Gasteiger partial charge in [0.15, 0.2) is 0 Å². The quantitative estimate of drug-likeness (QED) is 0.461. The van der Waals surface area contributed by atoms with Gasteiger partial charge in [-0.05, 0) is 43.2 Å². The normalized spacial score (nSPS) is 22.6. The number of carbonyl (C=O) groups is 1. The zero-order valence-corrected chi connectivity index (χ0v) is 17.5. The number of dihydropyridines is 1. The van der Waals surface area contributed by atoms with E-state index in [1.165, 1.54) is 0 Å². The SMILES string of the molecule is COCCOc1ccc(C(=O)C2=NCC3=NC=CC3=C2N[C@@H]2CC[C@@H](CO)OC2)cc1. The summed E-state index contributed by atoms with van der Waals surface area (Å²) in [6.45, 7) is 1.82. The van der Waals surface area contributed by atoms with E-state index in [0.717, 1.165) is 24.1 Å². The molecule has 0 radical (unpaired) electrons. The summed E-state index contributed by atoms with van der Waals surface area (Å²) in [4.78, 5) is 22.2. The second-order valence-corrected chi connectivity index (χ2v) is 7.60. The molecule has 164 valence electrons. The van der Waals surface area contributed by atoms with E-state index in [1.807, 2.05) is 6.08 Å². The Morgan fingerprint density at radius 2 is 2.10 bits per heavy atom. The van der Waals surface area contributed by atoms with Crippen LogP contribution in [0, 0.1) is 0 Å². The Kier molecular flexibility index (Phi) is 6.91. The van der Waals surface area contributed by atoms with E-state index in [2.05, 4.69) is 15.3 Å². The van der Waals surface area contributed by atoms with Gasteiger partial charge in [0, 0.05) is 30.5 Å². The highest BCUT2D eigenvalue weighted by molar-refractivity contribution is 6.53. The van der Waals surface area contributed by atoms with Crippen molar-refractivity contribution in [1.29, 1.82) is 0 Å². The Morgan fingerprint density at radius 1 is 1.26 bits per heavy atom. The highest BCUT2D eigenvalue weighted by Crippen LogP contribution is 2.24. The summed E-state index contributed by atoms with van der Waals surface area (Å²) in [5.74, 6) is 0.532. The molecular formula is C23H27N3O5. The molecule has 8 heteroatoms. The predicted octanol–water partition coefficient (Wildman–Crippen LogP) is 1.70. The van der Waals surface area contributed by atoms with Crippen molar-refractivity contribution >= 4 is 17.2 Å². The molecule has 1 fully saturated rings. The molecule has 0 unspecified atom stereocenters. The van der Waals surface area contributed by atoms with Crippen molar-refractivity contribution in [3.63, 3.8) is 0 Å². The first-order valence-electron chi connectivity index (χ1n) is 10.5. The summed E-state index contributed by atoms with van der Waals surface area (Å²) < 4.78 is 16.3. The van der Waals surface area contributed by atoms with Crippen LogP contribution in [0.25, 0.3) is 0 Å². The fourth-order valence-electron chi connectivity index (χ4n) is 3.76. The number of hydrogen-bond donors (Lipinski definition) is 2. The predicted molar refractivity (Wildman–Crippen MR) is 117 cm³/mol. The number of methoxy groups -OCH3 is 1. The molecule has 0 aliphatic carbocycles. The number of nitrogens with zero attached hydrogens (tertiary/aromatic N) is 2. The molecule has 0 spiro atoms. The van der Waals surface area contributed by atoms with Crippen LogP contribution in [0.3, 0.4) is 0 Å². The highest BCUT2D eigenvalue weighted by Gasteiger charge is 2.31. The van der Waals surface area contributed by atoms with Crippen LogP contribution in [-0.2, 0) is 9.47 Å². The number of benzene rings is 1. The summed E-state index contributed by atoms with van der Waals surface area (Å²) >= 11 is 0. The lowest BCUT2D eigenvalue weighted by molar-refractivity contribution is -0.0298. The number of carbonyl (C=O) groups excluding carboxylic acids is 1. The monoisotopic (exact) mass is 425 g/mol. The number of allylic oxidation sites excluding steroid dienone is 2. The number of nitrogens with one attached hydrogen (secondary N) is 1. The summed E-state index contributed by atoms with van der Waals surface area (Å²) in [6.07, 6.45) is 5.13. The Morgan fingerprint density at radius 3 is 2.81 bits per heavy atom. The van der Waals surface area contributed by atoms with E-state index >= 15 is 0 Å². The van der Waals surface area contributed by atoms with Crippen LogP contribution in [0.5, 0.6) is 5.75 Å². The van der Waals surface area contributed by atoms with Crippen LogP contribution in [0.4, 0.5) is 0 Å². The fourth-order valence-corrected chi connectivity index (χ4v) is 3.76. The summed E-state index contributed by atoms with van der Waals surface area (Å²) in [5.41, 5.74) is 3.39. The summed E-state index contributed by atoms with van der Waals surface area (Å²) in [7, 11) is 1.62. The molecule has 0 saturated carbocycles. The van der Waals surface area contributed by atoms with E-state index in [-0.39, 0.29) is 24.5 Å². The molecule has 2 N–H and O–H groups in total. The van der Waals surface area contributed by atoms with E-state index in [9.17, 15) is 9.90 Å². The maximum Gasteiger partial charge on any atom is 0.213 e. The molecule has 4 rings (SSSR count). The van der Waals surface area contributed by atoms with Gasteiger partial charge in [-0.1, -0.05) is 0 Å². The smallest absolute Gasteiger partial charge is 0.213 e. The van der Waals surface area contributed by atoms with Crippen molar-refractivity contribution in [3.05, 3.63) is 53.4 Å². The molecule has 1 aromatic rings. The number of aliphatic hydroxyl groups is 1. The Hall–Kier alpha value is -2.81. The van der Waals surface area contributed by atoms with Crippen LogP contribution in [0.2, 0.25) is 0 Å². The van der Waals surface area contributed by atoms with Gasteiger partial charge in [-0.2, -0.15) is 0 Å². The molecule has 0 amide bonds. The molecule has 31 heavy (non-hydrogen) atoms. The number of ketones is 1. The van der Waals surface area contributed by atoms with E-state index < -0.39 is 0 Å². The number of aliphatic hydroxyl groups excluding tert-OH is 1. The van der Waals surface area contributed by atoms with Crippen LogP contribution in [0.15, 0.2) is 57.8 Å². The van der Waals surface area contributed by atoms with Crippen molar-refractivity contribution < 1.29 is 24.1 Å². The molecule has 3 heterocycles. The molecule has 1 saturated heterocycles. The first-order chi connectivity index (χ1) is 15.2. The Bertz CT molecular complexity index is 925. The minimum Gasteiger partial charge on any atom is -0.491 e. The topological polar surface area (TPSA) is 102 Å². The molecule has 3 aliphatic heterocycles. The fraction of sp³-hybridized carbons (Fsp3) is 0.435. The van der Waals surface area contributed by atoms with Gasteiger partial charge in [-0.3, -0.25) is 14.8 Å². The zero-order chi connectivity index (χ0) is 21.6. The van der Waals surface area contributed by atoms with Crippen LogP contribution >= 0.6 is 0 Å². The largest absolute Gasteiger partial charge is 0.491 e. The Balaban J connectivity index is 1.51. The lowest BCUT2D eigenvalue weighted by Gasteiger charge is -2.31. The van der Waals surface area contributed by atoms with Gasteiger partial charge in [0.25, 0.3) is 0 Å². The van der Waals surface area contributed by atoms with E-state index in [1.54, 1.807) is 37.6 Å². The second kappa shape index (κ2) is 10.00. The van der Waals surface area contributed by atoms with Gasteiger partial charge in [-0.25, -0.2) is 0 Å². The molecule has 0 bridgehead atoms. The van der Waals surface area contributed by atoms with Crippen molar-refractivity contribution in [2.45, 2.75) is 25.0 Å². The third kappa shape index (κ3) is 4.92. The maximum atomic E-state index is 13.3. The van der Waals surface area contributed by atoms with Crippen LogP contribution in [0.1, 0.15) is 23.2 Å². The van der Waals surface area contributed by atoms with Crippen LogP contribution in [-0.4, -0.2) is 74.5 Å². The zero-order valence-electron chi connectivity index (χ0n) is 17.5. The lowest BCUT2D eigenvalue weighted by atomic mass is 9.95. The van der Waals surface area contributed by atoms with Gasteiger partial charge < -0.3 is 24.6 Å². The number of ether oxygens (including phenoxy) is 3. The minimum atomic E-state index is -0.150. The Labute approximate surface area is 181 Å². The third-order valence-electron chi connectivity index (χ3n) is 5.49. The second-order valence-electron chi connectivity index (χ2n) is 7.60. The first kappa shape index (κ1) is 21.4. The number of fused-ring (bicyclic) bond motifs is 1. The van der Waals surface area contributed by atoms with Gasteiger partial charge >= 0.3 is 0 Å². The lowest BCUT2D eigenvalue weighted by Crippen LogP contribution is -2.44. The van der Waals surface area contributed by atoms with Crippen LogP contribution < -0.4 is 10.1 Å². The van der Waals surface area contributed by atoms with Gasteiger partial charge in [0.05, 0.1) is 43.9 Å². The number of hydrogen-bond acceptors (Lipinski definition) is 8. The van der Waals surface area contributed by atoms with Gasteiger partial charge in [0.2, 0.25) is 5.78 Å². The first-order valence-corrected chi connectivity index (χ1v) is 10.5. The van der Waals surface area contributed by atoms with E-state index in [4.69, 9.17) is 14.2 Å². The van der Waals surface area contributed by atoms with E-state index in [0.29, 0.717) is 49.1 Å². The highest BCUT2D eigenvalue weighted by atomic mass is 16.5. The standard InChI is InChI=1S/C23H27N3O5/c1-29-10-11-30-17-5-2-15(3-6-17)23(28)22-21(19-8-9-24-20(19)12-25-22)26-16-4-7-18(13-27)31-14-16/h2-3,5-6,8-9,16,18,26-27H,4,7,10-14H2,1H3/t16-,18+/m1/s1.